The van der Waals surface area contributed by atoms with Gasteiger partial charge < -0.3 is 5.11 Å². The number of hydrogen-bond acceptors (Lipinski definition) is 3. The van der Waals surface area contributed by atoms with Gasteiger partial charge in [-0.3, -0.25) is 5.26 Å². The molecule has 0 bridgehead atoms. The Balaban J connectivity index is 0.000000791. The van der Waals surface area contributed by atoms with Crippen molar-refractivity contribution in [2.24, 2.45) is 0 Å². The first kappa shape index (κ1) is 12.5. The lowest BCUT2D eigenvalue weighted by atomic mass is 10.1. The van der Waals surface area contributed by atoms with Gasteiger partial charge in [0.25, 0.3) is 0 Å². The molecular formula is C11H14O3. The number of benzene rings is 1. The first-order valence-electron chi connectivity index (χ1n) is 4.20. The molecule has 0 radical (unpaired) electrons. The number of terminal acetylenes is 1. The number of phenols is 1. The lowest BCUT2D eigenvalue weighted by Crippen LogP contribution is -1.92. The van der Waals surface area contributed by atoms with Crippen molar-refractivity contribution >= 4 is 0 Å². The second-order valence-corrected chi connectivity index (χ2v) is 2.61. The van der Waals surface area contributed by atoms with Crippen molar-refractivity contribution < 1.29 is 15.3 Å². The van der Waals surface area contributed by atoms with E-state index in [1.54, 1.807) is 18.2 Å². The summed E-state index contributed by atoms with van der Waals surface area (Å²) in [6.07, 6.45) is 9.55. The molecule has 0 aliphatic rings. The zero-order chi connectivity index (χ0) is 10.8. The highest BCUT2D eigenvalue weighted by Crippen LogP contribution is 2.12. The third kappa shape index (κ3) is 5.20. The van der Waals surface area contributed by atoms with Gasteiger partial charge in [-0.2, -0.15) is 0 Å². The Labute approximate surface area is 83.9 Å². The maximum atomic E-state index is 9.09. The van der Waals surface area contributed by atoms with E-state index in [-0.39, 0.29) is 5.75 Å². The van der Waals surface area contributed by atoms with E-state index in [4.69, 9.17) is 10.4 Å². The van der Waals surface area contributed by atoms with E-state index in [0.29, 0.717) is 6.61 Å². The minimum Gasteiger partial charge on any atom is -0.508 e. The van der Waals surface area contributed by atoms with Crippen molar-refractivity contribution in [3.63, 3.8) is 0 Å². The van der Waals surface area contributed by atoms with Crippen LogP contribution in [0.3, 0.4) is 0 Å². The molecule has 1 aromatic carbocycles. The summed E-state index contributed by atoms with van der Waals surface area (Å²) in [5.74, 6) is 0.275. The van der Waals surface area contributed by atoms with Gasteiger partial charge >= 0.3 is 0 Å². The van der Waals surface area contributed by atoms with Crippen LogP contribution >= 0.6 is 0 Å². The third-order valence-corrected chi connectivity index (χ3v) is 1.61. The van der Waals surface area contributed by atoms with Crippen LogP contribution in [0.25, 0.3) is 0 Å². The van der Waals surface area contributed by atoms with Gasteiger partial charge in [-0.1, -0.05) is 12.1 Å². The average Bonchev–Trinajstić information content (AvgIpc) is 2.21. The number of rotatable bonds is 4. The van der Waals surface area contributed by atoms with E-state index in [2.05, 4.69) is 17.7 Å². The SMILES string of the molecule is C#C.OOCCCc1cccc(O)c1. The van der Waals surface area contributed by atoms with E-state index in [9.17, 15) is 0 Å². The summed E-state index contributed by atoms with van der Waals surface area (Å²) in [5.41, 5.74) is 1.05. The Morgan fingerprint density at radius 3 is 2.57 bits per heavy atom. The fraction of sp³-hybridized carbons (Fsp3) is 0.273. The van der Waals surface area contributed by atoms with Gasteiger partial charge in [0.1, 0.15) is 5.75 Å². The highest BCUT2D eigenvalue weighted by Gasteiger charge is 1.94. The molecule has 0 amide bonds. The molecule has 0 aliphatic carbocycles. The molecule has 3 heteroatoms. The molecule has 1 aromatic rings. The fourth-order valence-corrected chi connectivity index (χ4v) is 1.05. The highest BCUT2D eigenvalue weighted by atomic mass is 17.1. The van der Waals surface area contributed by atoms with Gasteiger partial charge in [-0.25, -0.2) is 4.89 Å². The Hall–Kier alpha value is -1.50. The first-order chi connectivity index (χ1) is 6.83. The molecule has 14 heavy (non-hydrogen) atoms. The number of aromatic hydroxyl groups is 1. The second kappa shape index (κ2) is 8.11. The molecule has 0 aromatic heterocycles. The Bertz CT molecular complexity index is 268. The summed E-state index contributed by atoms with van der Waals surface area (Å²) < 4.78 is 0. The number of hydrogen-bond donors (Lipinski definition) is 2. The lowest BCUT2D eigenvalue weighted by molar-refractivity contribution is -0.242. The fourth-order valence-electron chi connectivity index (χ4n) is 1.05. The summed E-state index contributed by atoms with van der Waals surface area (Å²) in [6.45, 7) is 0.329. The van der Waals surface area contributed by atoms with Gasteiger partial charge in [0.2, 0.25) is 0 Å². The Morgan fingerprint density at radius 2 is 2.00 bits per heavy atom. The first-order valence-corrected chi connectivity index (χ1v) is 4.20. The van der Waals surface area contributed by atoms with E-state index in [1.165, 1.54) is 0 Å². The molecule has 0 fully saturated rings. The monoisotopic (exact) mass is 194 g/mol. The van der Waals surface area contributed by atoms with Crippen molar-refractivity contribution in [2.45, 2.75) is 12.8 Å². The zero-order valence-electron chi connectivity index (χ0n) is 7.89. The topological polar surface area (TPSA) is 49.7 Å². The Morgan fingerprint density at radius 1 is 1.29 bits per heavy atom. The molecule has 76 valence electrons. The van der Waals surface area contributed by atoms with Crippen LogP contribution in [0.1, 0.15) is 12.0 Å². The molecule has 2 N–H and O–H groups in total. The summed E-state index contributed by atoms with van der Waals surface area (Å²) in [7, 11) is 0. The summed E-state index contributed by atoms with van der Waals surface area (Å²) in [5, 5.41) is 17.1. The van der Waals surface area contributed by atoms with Gasteiger partial charge in [0.15, 0.2) is 0 Å². The molecule has 0 aliphatic heterocycles. The van der Waals surface area contributed by atoms with E-state index in [1.807, 2.05) is 6.07 Å². The van der Waals surface area contributed by atoms with Crippen molar-refractivity contribution in [3.8, 4) is 18.6 Å². The molecule has 3 nitrogen and oxygen atoms in total. The largest absolute Gasteiger partial charge is 0.508 e. The normalized spacial score (nSPS) is 8.79. The predicted octanol–water partition coefficient (Wildman–Crippen LogP) is 2.06. The molecule has 1 rings (SSSR count). The van der Waals surface area contributed by atoms with Crippen molar-refractivity contribution in [1.29, 1.82) is 0 Å². The molecular weight excluding hydrogens is 180 g/mol. The minimum absolute atomic E-state index is 0.275. The smallest absolute Gasteiger partial charge is 0.115 e. The molecule has 0 unspecified atom stereocenters. The van der Waals surface area contributed by atoms with Crippen LogP contribution in [0.4, 0.5) is 0 Å². The van der Waals surface area contributed by atoms with E-state index >= 15 is 0 Å². The summed E-state index contributed by atoms with van der Waals surface area (Å²) >= 11 is 0. The van der Waals surface area contributed by atoms with E-state index in [0.717, 1.165) is 18.4 Å². The highest BCUT2D eigenvalue weighted by molar-refractivity contribution is 5.27. The molecule has 0 saturated heterocycles. The van der Waals surface area contributed by atoms with Crippen molar-refractivity contribution in [2.75, 3.05) is 6.61 Å². The zero-order valence-corrected chi connectivity index (χ0v) is 7.89. The van der Waals surface area contributed by atoms with Gasteiger partial charge in [0, 0.05) is 0 Å². The van der Waals surface area contributed by atoms with E-state index < -0.39 is 0 Å². The number of phenolic OH excluding ortho intramolecular Hbond substituents is 1. The van der Waals surface area contributed by atoms with Crippen LogP contribution < -0.4 is 0 Å². The van der Waals surface area contributed by atoms with Gasteiger partial charge in [-0.05, 0) is 30.5 Å². The number of aryl methyl sites for hydroxylation is 1. The molecule has 0 heterocycles. The van der Waals surface area contributed by atoms with Gasteiger partial charge in [-0.15, -0.1) is 12.8 Å². The minimum atomic E-state index is 0.275. The Kier molecular flexibility index (Phi) is 7.24. The maximum absolute atomic E-state index is 9.09. The van der Waals surface area contributed by atoms with Crippen LogP contribution in [0.15, 0.2) is 24.3 Å². The second-order valence-electron chi connectivity index (χ2n) is 2.61. The van der Waals surface area contributed by atoms with Crippen LogP contribution in [-0.4, -0.2) is 17.0 Å². The standard InChI is InChI=1S/C9H12O3.C2H2/c10-9-5-1-3-8(7-9)4-2-6-12-11;1-2/h1,3,5,7,10-11H,2,4,6H2;1-2H. The van der Waals surface area contributed by atoms with Crippen LogP contribution in [0.5, 0.6) is 5.75 Å². The van der Waals surface area contributed by atoms with Crippen LogP contribution in [0, 0.1) is 12.8 Å². The molecule has 0 spiro atoms. The quantitative estimate of drug-likeness (QED) is 0.334. The molecule has 0 saturated carbocycles. The molecule has 0 atom stereocenters. The van der Waals surface area contributed by atoms with Crippen molar-refractivity contribution in [3.05, 3.63) is 29.8 Å². The van der Waals surface area contributed by atoms with Crippen molar-refractivity contribution in [1.82, 2.24) is 0 Å². The van der Waals surface area contributed by atoms with Gasteiger partial charge in [0.05, 0.1) is 6.61 Å². The van der Waals surface area contributed by atoms with Crippen LogP contribution in [0.2, 0.25) is 0 Å². The third-order valence-electron chi connectivity index (χ3n) is 1.61. The average molecular weight is 194 g/mol. The lowest BCUT2D eigenvalue weighted by Gasteiger charge is -1.99. The summed E-state index contributed by atoms with van der Waals surface area (Å²) in [4.78, 5) is 3.93. The summed E-state index contributed by atoms with van der Waals surface area (Å²) in [6, 6.07) is 7.06. The van der Waals surface area contributed by atoms with Crippen LogP contribution in [-0.2, 0) is 11.3 Å². The predicted molar refractivity (Wildman–Crippen MR) is 54.9 cm³/mol. The maximum Gasteiger partial charge on any atom is 0.115 e.